The van der Waals surface area contributed by atoms with E-state index in [1.54, 1.807) is 6.20 Å². The highest BCUT2D eigenvalue weighted by Gasteiger charge is 2.00. The number of primary amides is 1. The minimum absolute atomic E-state index is 0.220. The molecule has 1 heterocycles. The molecule has 3 N–H and O–H groups in total. The fraction of sp³-hybridized carbons (Fsp3) is 0.333. The molecule has 0 atom stereocenters. The average molecular weight is 274 g/mol. The molecule has 0 aromatic carbocycles. The Labute approximate surface area is 96.1 Å². The molecule has 0 fully saturated rings. The molecule has 6 heteroatoms. The smallest absolute Gasteiger partial charge is 0.404 e. The maximum atomic E-state index is 10.3. The summed E-state index contributed by atoms with van der Waals surface area (Å²) in [5.74, 6) is 0.716. The Kier molecular flexibility index (Phi) is 4.36. The molecule has 0 aliphatic carbocycles. The van der Waals surface area contributed by atoms with Crippen molar-refractivity contribution < 1.29 is 9.53 Å². The van der Waals surface area contributed by atoms with Crippen LogP contribution in [0.15, 0.2) is 16.7 Å². The molecule has 0 radical (unpaired) electrons. The third-order valence-corrected chi connectivity index (χ3v) is 2.22. The number of nitrogens with one attached hydrogen (secondary N) is 1. The number of anilines is 1. The van der Waals surface area contributed by atoms with Gasteiger partial charge in [-0.3, -0.25) is 0 Å². The monoisotopic (exact) mass is 273 g/mol. The van der Waals surface area contributed by atoms with Crippen molar-refractivity contribution in [2.45, 2.75) is 6.92 Å². The van der Waals surface area contributed by atoms with Gasteiger partial charge in [0.1, 0.15) is 12.4 Å². The second-order valence-corrected chi connectivity index (χ2v) is 3.79. The van der Waals surface area contributed by atoms with Crippen molar-refractivity contribution in [3.63, 3.8) is 0 Å². The van der Waals surface area contributed by atoms with Gasteiger partial charge in [0.25, 0.3) is 0 Å². The minimum atomic E-state index is -0.771. The lowest BCUT2D eigenvalue weighted by Gasteiger charge is -2.07. The largest absolute Gasteiger partial charge is 0.448 e. The minimum Gasteiger partial charge on any atom is -0.448 e. The Bertz CT molecular complexity index is 357. The Morgan fingerprint density at radius 2 is 2.47 bits per heavy atom. The molecule has 0 aliphatic heterocycles. The zero-order valence-electron chi connectivity index (χ0n) is 8.29. The van der Waals surface area contributed by atoms with Gasteiger partial charge in [0, 0.05) is 6.20 Å². The second kappa shape index (κ2) is 5.55. The molecule has 1 rings (SSSR count). The Morgan fingerprint density at radius 3 is 3.07 bits per heavy atom. The summed E-state index contributed by atoms with van der Waals surface area (Å²) < 4.78 is 5.44. The lowest BCUT2D eigenvalue weighted by atomic mass is 10.3. The van der Waals surface area contributed by atoms with E-state index in [0.717, 1.165) is 10.0 Å². The van der Waals surface area contributed by atoms with E-state index in [-0.39, 0.29) is 6.61 Å². The highest BCUT2D eigenvalue weighted by molar-refractivity contribution is 9.10. The molecular weight excluding hydrogens is 262 g/mol. The van der Waals surface area contributed by atoms with Crippen LogP contribution in [0, 0.1) is 6.92 Å². The van der Waals surface area contributed by atoms with Crippen molar-refractivity contribution in [3.05, 3.63) is 22.3 Å². The lowest BCUT2D eigenvalue weighted by Crippen LogP contribution is -2.18. The number of aryl methyl sites for hydroxylation is 1. The van der Waals surface area contributed by atoms with E-state index in [2.05, 4.69) is 31.0 Å². The predicted octanol–water partition coefficient (Wildman–Crippen LogP) is 1.66. The van der Waals surface area contributed by atoms with E-state index in [1.165, 1.54) is 0 Å². The quantitative estimate of drug-likeness (QED) is 0.818. The fourth-order valence-corrected chi connectivity index (χ4v) is 1.59. The number of carbonyl (C=O) groups excluding carboxylic acids is 1. The molecule has 0 spiro atoms. The number of nitrogens with zero attached hydrogens (tertiary/aromatic N) is 1. The summed E-state index contributed by atoms with van der Waals surface area (Å²) in [4.78, 5) is 14.4. The first-order chi connectivity index (χ1) is 7.09. The van der Waals surface area contributed by atoms with Crippen LogP contribution in [0.5, 0.6) is 0 Å². The van der Waals surface area contributed by atoms with Crippen LogP contribution >= 0.6 is 15.9 Å². The average Bonchev–Trinajstić information content (AvgIpc) is 2.14. The lowest BCUT2D eigenvalue weighted by molar-refractivity contribution is 0.161. The number of rotatable bonds is 4. The van der Waals surface area contributed by atoms with E-state index >= 15 is 0 Å². The van der Waals surface area contributed by atoms with Crippen LogP contribution in [-0.4, -0.2) is 24.2 Å². The molecule has 0 saturated carbocycles. The third-order valence-electron chi connectivity index (χ3n) is 1.62. The second-order valence-electron chi connectivity index (χ2n) is 2.94. The number of amides is 1. The van der Waals surface area contributed by atoms with Crippen LogP contribution < -0.4 is 11.1 Å². The van der Waals surface area contributed by atoms with Crippen molar-refractivity contribution in [2.75, 3.05) is 18.5 Å². The van der Waals surface area contributed by atoms with E-state index in [1.807, 2.05) is 13.0 Å². The molecular formula is C9H12BrN3O2. The first-order valence-corrected chi connectivity index (χ1v) is 5.17. The van der Waals surface area contributed by atoms with Gasteiger partial charge >= 0.3 is 6.09 Å². The van der Waals surface area contributed by atoms with Gasteiger partial charge in [-0.1, -0.05) is 0 Å². The van der Waals surface area contributed by atoms with Gasteiger partial charge < -0.3 is 15.8 Å². The summed E-state index contributed by atoms with van der Waals surface area (Å²) in [6, 6.07) is 1.95. The van der Waals surface area contributed by atoms with Crippen LogP contribution in [-0.2, 0) is 4.74 Å². The summed E-state index contributed by atoms with van der Waals surface area (Å²) in [7, 11) is 0. The number of halogens is 1. The normalized spacial score (nSPS) is 9.73. The number of nitrogens with two attached hydrogens (primary N) is 1. The van der Waals surface area contributed by atoms with Crippen LogP contribution in [0.25, 0.3) is 0 Å². The molecule has 1 aromatic rings. The highest BCUT2D eigenvalue weighted by atomic mass is 79.9. The molecule has 0 bridgehead atoms. The van der Waals surface area contributed by atoms with Gasteiger partial charge in [0.15, 0.2) is 0 Å². The van der Waals surface area contributed by atoms with Gasteiger partial charge in [-0.05, 0) is 34.5 Å². The zero-order chi connectivity index (χ0) is 11.3. The fourth-order valence-electron chi connectivity index (χ4n) is 0.985. The Hall–Kier alpha value is -1.30. The first-order valence-electron chi connectivity index (χ1n) is 4.38. The Morgan fingerprint density at radius 1 is 1.73 bits per heavy atom. The zero-order valence-corrected chi connectivity index (χ0v) is 9.87. The number of hydrogen-bond donors (Lipinski definition) is 2. The van der Waals surface area contributed by atoms with Crippen molar-refractivity contribution in [1.29, 1.82) is 0 Å². The molecule has 1 amide bonds. The van der Waals surface area contributed by atoms with Crippen molar-refractivity contribution in [3.8, 4) is 0 Å². The van der Waals surface area contributed by atoms with Crippen LogP contribution in [0.3, 0.4) is 0 Å². The van der Waals surface area contributed by atoms with Crippen LogP contribution in [0.4, 0.5) is 10.6 Å². The molecule has 0 unspecified atom stereocenters. The van der Waals surface area contributed by atoms with Gasteiger partial charge in [0.05, 0.1) is 11.0 Å². The van der Waals surface area contributed by atoms with E-state index in [9.17, 15) is 4.79 Å². The summed E-state index contributed by atoms with van der Waals surface area (Å²) in [6.07, 6.45) is 0.981. The van der Waals surface area contributed by atoms with Crippen LogP contribution in [0.1, 0.15) is 5.56 Å². The van der Waals surface area contributed by atoms with Gasteiger partial charge in [0.2, 0.25) is 0 Å². The summed E-state index contributed by atoms with van der Waals surface area (Å²) >= 11 is 3.37. The summed E-state index contributed by atoms with van der Waals surface area (Å²) in [5, 5.41) is 3.00. The summed E-state index contributed by atoms with van der Waals surface area (Å²) in [6.45, 7) is 2.65. The molecule has 82 valence electrons. The van der Waals surface area contributed by atoms with E-state index in [0.29, 0.717) is 12.4 Å². The molecule has 1 aromatic heterocycles. The Balaban J connectivity index is 2.40. The number of pyridine rings is 1. The predicted molar refractivity (Wildman–Crippen MR) is 60.7 cm³/mol. The summed E-state index contributed by atoms with van der Waals surface area (Å²) in [5.41, 5.74) is 5.88. The van der Waals surface area contributed by atoms with Crippen LogP contribution in [0.2, 0.25) is 0 Å². The van der Waals surface area contributed by atoms with Crippen molar-refractivity contribution in [1.82, 2.24) is 4.98 Å². The van der Waals surface area contributed by atoms with Gasteiger partial charge in [-0.2, -0.15) is 0 Å². The standard InChI is InChI=1S/C9H12BrN3O2/c1-6-4-7(10)8(13-5-6)12-2-3-15-9(11)14/h4-5H,2-3H2,1H3,(H2,11,14)(H,12,13). The number of carbonyl (C=O) groups is 1. The molecule has 0 aliphatic rings. The van der Waals surface area contributed by atoms with E-state index in [4.69, 9.17) is 5.73 Å². The number of ether oxygens (including phenoxy) is 1. The SMILES string of the molecule is Cc1cnc(NCCOC(N)=O)c(Br)c1. The maximum absolute atomic E-state index is 10.3. The molecule has 15 heavy (non-hydrogen) atoms. The van der Waals surface area contributed by atoms with Gasteiger partial charge in [-0.25, -0.2) is 9.78 Å². The van der Waals surface area contributed by atoms with Crippen molar-refractivity contribution in [2.24, 2.45) is 5.73 Å². The number of hydrogen-bond acceptors (Lipinski definition) is 4. The van der Waals surface area contributed by atoms with Crippen molar-refractivity contribution >= 4 is 27.8 Å². The third kappa shape index (κ3) is 4.16. The molecule has 5 nitrogen and oxygen atoms in total. The molecule has 0 saturated heterocycles. The number of aromatic nitrogens is 1. The van der Waals surface area contributed by atoms with Gasteiger partial charge in [-0.15, -0.1) is 0 Å². The van der Waals surface area contributed by atoms with E-state index < -0.39 is 6.09 Å². The maximum Gasteiger partial charge on any atom is 0.404 e. The first kappa shape index (κ1) is 11.8. The topological polar surface area (TPSA) is 77.2 Å². The highest BCUT2D eigenvalue weighted by Crippen LogP contribution is 2.19.